The van der Waals surface area contributed by atoms with Crippen LogP contribution in [0.3, 0.4) is 0 Å². The molecule has 0 aromatic carbocycles. The molecule has 0 radical (unpaired) electrons. The summed E-state index contributed by atoms with van der Waals surface area (Å²) in [6.45, 7) is 7.29. The van der Waals surface area contributed by atoms with Gasteiger partial charge < -0.3 is 10.2 Å². The van der Waals surface area contributed by atoms with Crippen molar-refractivity contribution in [2.75, 3.05) is 39.0 Å². The van der Waals surface area contributed by atoms with Gasteiger partial charge in [-0.05, 0) is 52.7 Å². The van der Waals surface area contributed by atoms with Gasteiger partial charge in [-0.25, -0.2) is 13.1 Å². The van der Waals surface area contributed by atoms with Crippen LogP contribution in [0, 0.1) is 5.92 Å². The van der Waals surface area contributed by atoms with E-state index in [-0.39, 0.29) is 11.7 Å². The van der Waals surface area contributed by atoms with Gasteiger partial charge >= 0.3 is 0 Å². The molecular weight excluding hydrogens is 250 g/mol. The van der Waals surface area contributed by atoms with Crippen molar-refractivity contribution in [1.82, 2.24) is 14.9 Å². The summed E-state index contributed by atoms with van der Waals surface area (Å²) >= 11 is 0. The van der Waals surface area contributed by atoms with Crippen LogP contribution < -0.4 is 10.0 Å². The third-order valence-corrected chi connectivity index (χ3v) is 5.08. The van der Waals surface area contributed by atoms with Crippen molar-refractivity contribution in [2.45, 2.75) is 32.7 Å². The van der Waals surface area contributed by atoms with Crippen LogP contribution in [0.5, 0.6) is 0 Å². The van der Waals surface area contributed by atoms with Crippen molar-refractivity contribution in [2.24, 2.45) is 5.92 Å². The average molecular weight is 277 g/mol. The summed E-state index contributed by atoms with van der Waals surface area (Å²) in [5, 5.41) is 3.25. The third-order valence-electron chi connectivity index (χ3n) is 3.52. The molecule has 2 N–H and O–H groups in total. The predicted molar refractivity (Wildman–Crippen MR) is 75.1 cm³/mol. The van der Waals surface area contributed by atoms with Gasteiger partial charge in [0.05, 0.1) is 5.75 Å². The number of hydrogen-bond acceptors (Lipinski definition) is 4. The van der Waals surface area contributed by atoms with E-state index in [4.69, 9.17) is 0 Å². The van der Waals surface area contributed by atoms with Crippen LogP contribution in [0.15, 0.2) is 0 Å². The predicted octanol–water partition coefficient (Wildman–Crippen LogP) is 0.246. The zero-order valence-corrected chi connectivity index (χ0v) is 12.6. The van der Waals surface area contributed by atoms with E-state index in [0.29, 0.717) is 12.6 Å². The molecule has 1 aliphatic rings. The highest BCUT2D eigenvalue weighted by molar-refractivity contribution is 7.89. The van der Waals surface area contributed by atoms with Gasteiger partial charge in [0.1, 0.15) is 0 Å². The lowest BCUT2D eigenvalue weighted by Crippen LogP contribution is -2.40. The molecule has 6 heteroatoms. The molecular formula is C12H27N3O2S. The van der Waals surface area contributed by atoms with E-state index >= 15 is 0 Å². The van der Waals surface area contributed by atoms with E-state index in [2.05, 4.69) is 28.8 Å². The van der Waals surface area contributed by atoms with Crippen molar-refractivity contribution in [3.63, 3.8) is 0 Å². The minimum absolute atomic E-state index is 0.255. The summed E-state index contributed by atoms with van der Waals surface area (Å²) < 4.78 is 26.5. The van der Waals surface area contributed by atoms with Gasteiger partial charge in [-0.3, -0.25) is 0 Å². The number of hydrogen-bond donors (Lipinski definition) is 2. The molecule has 1 unspecified atom stereocenters. The number of rotatable bonds is 7. The molecule has 0 amide bonds. The first-order valence-electron chi connectivity index (χ1n) is 6.79. The Hall–Kier alpha value is -0.170. The Balaban J connectivity index is 2.26. The second kappa shape index (κ2) is 7.43. The van der Waals surface area contributed by atoms with E-state index in [1.54, 1.807) is 0 Å². The number of likely N-dealkylation sites (N-methyl/N-ethyl adjacent to an activating group) is 1. The maximum Gasteiger partial charge on any atom is 0.211 e. The summed E-state index contributed by atoms with van der Waals surface area (Å²) in [5.41, 5.74) is 0. The zero-order valence-electron chi connectivity index (χ0n) is 11.8. The maximum atomic E-state index is 11.9. The number of nitrogens with one attached hydrogen (secondary N) is 2. The third kappa shape index (κ3) is 6.13. The van der Waals surface area contributed by atoms with E-state index < -0.39 is 10.0 Å². The molecule has 0 saturated carbocycles. The largest absolute Gasteiger partial charge is 0.316 e. The Bertz CT molecular complexity index is 324. The number of sulfonamides is 1. The van der Waals surface area contributed by atoms with Crippen LogP contribution in [0.1, 0.15) is 26.7 Å². The molecule has 0 aromatic heterocycles. The van der Waals surface area contributed by atoms with Gasteiger partial charge in [0.2, 0.25) is 10.0 Å². The molecule has 0 aromatic rings. The van der Waals surface area contributed by atoms with Crippen molar-refractivity contribution in [3.8, 4) is 0 Å². The van der Waals surface area contributed by atoms with Gasteiger partial charge in [0, 0.05) is 19.1 Å². The molecule has 1 rings (SSSR count). The Morgan fingerprint density at radius 3 is 2.72 bits per heavy atom. The minimum atomic E-state index is -3.12. The van der Waals surface area contributed by atoms with Crippen LogP contribution in [0.25, 0.3) is 0 Å². The van der Waals surface area contributed by atoms with Crippen molar-refractivity contribution < 1.29 is 8.42 Å². The van der Waals surface area contributed by atoms with Gasteiger partial charge in [0.15, 0.2) is 0 Å². The minimum Gasteiger partial charge on any atom is -0.316 e. The first-order chi connectivity index (χ1) is 8.41. The molecule has 0 spiro atoms. The monoisotopic (exact) mass is 277 g/mol. The molecule has 108 valence electrons. The van der Waals surface area contributed by atoms with Crippen molar-refractivity contribution in [1.29, 1.82) is 0 Å². The Morgan fingerprint density at radius 1 is 1.44 bits per heavy atom. The lowest BCUT2D eigenvalue weighted by atomic mass is 10.0. The van der Waals surface area contributed by atoms with E-state index in [1.165, 1.54) is 0 Å². The molecule has 1 atom stereocenters. The van der Waals surface area contributed by atoms with E-state index in [9.17, 15) is 8.42 Å². The fourth-order valence-corrected chi connectivity index (χ4v) is 3.50. The highest BCUT2D eigenvalue weighted by atomic mass is 32.2. The summed E-state index contributed by atoms with van der Waals surface area (Å²) in [7, 11) is -1.12. The summed E-state index contributed by atoms with van der Waals surface area (Å²) in [6, 6.07) is 0.442. The molecule has 18 heavy (non-hydrogen) atoms. The molecule has 0 bridgehead atoms. The first-order valence-corrected chi connectivity index (χ1v) is 8.44. The highest BCUT2D eigenvalue weighted by Crippen LogP contribution is 2.11. The molecule has 1 heterocycles. The summed E-state index contributed by atoms with van der Waals surface area (Å²) in [4.78, 5) is 2.13. The lowest BCUT2D eigenvalue weighted by Gasteiger charge is -2.23. The number of piperidine rings is 1. The topological polar surface area (TPSA) is 61.4 Å². The molecule has 1 aliphatic heterocycles. The second-order valence-electron chi connectivity index (χ2n) is 5.46. The molecule has 1 fully saturated rings. The number of nitrogens with zero attached hydrogens (tertiary/aromatic N) is 1. The zero-order chi connectivity index (χ0) is 13.6. The van der Waals surface area contributed by atoms with Gasteiger partial charge in [-0.2, -0.15) is 0 Å². The fourth-order valence-electron chi connectivity index (χ4n) is 2.07. The lowest BCUT2D eigenvalue weighted by molar-refractivity contribution is 0.278. The van der Waals surface area contributed by atoms with Crippen LogP contribution in [-0.4, -0.2) is 58.3 Å². The van der Waals surface area contributed by atoms with Gasteiger partial charge in [-0.15, -0.1) is 0 Å². The van der Waals surface area contributed by atoms with Crippen LogP contribution >= 0.6 is 0 Å². The Kier molecular flexibility index (Phi) is 6.55. The molecule has 5 nitrogen and oxygen atoms in total. The smallest absolute Gasteiger partial charge is 0.211 e. The van der Waals surface area contributed by atoms with Crippen LogP contribution in [0.4, 0.5) is 0 Å². The fraction of sp³-hybridized carbons (Fsp3) is 1.00. The van der Waals surface area contributed by atoms with E-state index in [1.807, 2.05) is 7.05 Å². The maximum absolute atomic E-state index is 11.9. The SMILES string of the molecule is CC(C)N(C)CCNS(=O)(=O)CC1CCCNC1. The average Bonchev–Trinajstić information content (AvgIpc) is 2.29. The summed E-state index contributed by atoms with van der Waals surface area (Å²) in [6.07, 6.45) is 2.09. The quantitative estimate of drug-likeness (QED) is 0.700. The van der Waals surface area contributed by atoms with Crippen LogP contribution in [0.2, 0.25) is 0 Å². The molecule has 0 aliphatic carbocycles. The second-order valence-corrected chi connectivity index (χ2v) is 7.31. The van der Waals surface area contributed by atoms with Gasteiger partial charge in [0.25, 0.3) is 0 Å². The normalized spacial score (nSPS) is 21.7. The standard InChI is InChI=1S/C12H27N3O2S/c1-11(2)15(3)8-7-14-18(16,17)10-12-5-4-6-13-9-12/h11-14H,4-10H2,1-3H3. The van der Waals surface area contributed by atoms with Crippen LogP contribution in [-0.2, 0) is 10.0 Å². The first kappa shape index (κ1) is 15.9. The molecule has 1 saturated heterocycles. The highest BCUT2D eigenvalue weighted by Gasteiger charge is 2.20. The van der Waals surface area contributed by atoms with Crippen molar-refractivity contribution >= 4 is 10.0 Å². The summed E-state index contributed by atoms with van der Waals surface area (Å²) in [5.74, 6) is 0.518. The van der Waals surface area contributed by atoms with Gasteiger partial charge in [-0.1, -0.05) is 0 Å². The Morgan fingerprint density at radius 2 is 2.17 bits per heavy atom. The Labute approximate surface area is 111 Å². The van der Waals surface area contributed by atoms with E-state index in [0.717, 1.165) is 32.5 Å². The van der Waals surface area contributed by atoms with Crippen molar-refractivity contribution in [3.05, 3.63) is 0 Å².